The molecule has 0 atom stereocenters. The number of hydrogen-bond acceptors (Lipinski definition) is 3. The molecule has 0 aliphatic carbocycles. The Morgan fingerprint density at radius 3 is 2.50 bits per heavy atom. The molecule has 0 N–H and O–H groups in total. The van der Waals surface area contributed by atoms with Gasteiger partial charge in [-0.1, -0.05) is 15.9 Å². The van der Waals surface area contributed by atoms with Crippen LogP contribution in [0.4, 0.5) is 0 Å². The fourth-order valence-electron chi connectivity index (χ4n) is 1.18. The van der Waals surface area contributed by atoms with Gasteiger partial charge in [-0.05, 0) is 20.8 Å². The van der Waals surface area contributed by atoms with E-state index < -0.39 is 0 Å². The molecule has 0 spiro atoms. The minimum absolute atomic E-state index is 0.226. The third kappa shape index (κ3) is 2.78. The van der Waals surface area contributed by atoms with E-state index in [-0.39, 0.29) is 6.10 Å². The zero-order valence-electron chi connectivity index (χ0n) is 8.83. The molecule has 0 aliphatic rings. The van der Waals surface area contributed by atoms with Gasteiger partial charge in [0.15, 0.2) is 5.82 Å². The summed E-state index contributed by atoms with van der Waals surface area (Å²) < 4.78 is 7.56. The Hall–Kier alpha value is -0.420. The summed E-state index contributed by atoms with van der Waals surface area (Å²) in [6.07, 6.45) is 0.226. The third-order valence-electron chi connectivity index (χ3n) is 1.89. The molecule has 0 radical (unpaired) electrons. The van der Waals surface area contributed by atoms with Gasteiger partial charge >= 0.3 is 0 Å². The van der Waals surface area contributed by atoms with Crippen LogP contribution in [-0.2, 0) is 23.2 Å². The lowest BCUT2D eigenvalue weighted by atomic mass is 10.5. The number of hydrogen-bond donors (Lipinski definition) is 0. The van der Waals surface area contributed by atoms with Crippen molar-refractivity contribution in [1.82, 2.24) is 14.8 Å². The van der Waals surface area contributed by atoms with Crippen molar-refractivity contribution < 1.29 is 4.74 Å². The summed E-state index contributed by atoms with van der Waals surface area (Å²) in [7, 11) is 0. The summed E-state index contributed by atoms with van der Waals surface area (Å²) in [5.74, 6) is 1.85. The molecule has 80 valence electrons. The number of nitrogens with zero attached hydrogens (tertiary/aromatic N) is 3. The van der Waals surface area contributed by atoms with E-state index >= 15 is 0 Å². The molecule has 0 unspecified atom stereocenters. The van der Waals surface area contributed by atoms with Crippen molar-refractivity contribution >= 4 is 15.9 Å². The topological polar surface area (TPSA) is 39.9 Å². The molecule has 0 aromatic carbocycles. The maximum Gasteiger partial charge on any atom is 0.159 e. The molecule has 0 fully saturated rings. The highest BCUT2D eigenvalue weighted by Gasteiger charge is 2.09. The number of ether oxygens (including phenoxy) is 1. The Kier molecular flexibility index (Phi) is 4.54. The van der Waals surface area contributed by atoms with Crippen molar-refractivity contribution in [3.8, 4) is 0 Å². The van der Waals surface area contributed by atoms with Gasteiger partial charge in [-0.15, -0.1) is 10.2 Å². The number of alkyl halides is 1. The Labute approximate surface area is 92.8 Å². The van der Waals surface area contributed by atoms with Crippen LogP contribution in [0.15, 0.2) is 0 Å². The molecule has 0 amide bonds. The van der Waals surface area contributed by atoms with Gasteiger partial charge in [0.05, 0.1) is 11.4 Å². The van der Waals surface area contributed by atoms with Crippen molar-refractivity contribution in [2.75, 3.05) is 0 Å². The van der Waals surface area contributed by atoms with Gasteiger partial charge in [-0.2, -0.15) is 0 Å². The summed E-state index contributed by atoms with van der Waals surface area (Å²) in [5, 5.41) is 8.89. The smallest absolute Gasteiger partial charge is 0.159 e. The summed E-state index contributed by atoms with van der Waals surface area (Å²) in [6.45, 7) is 7.51. The Morgan fingerprint density at radius 2 is 2.00 bits per heavy atom. The minimum atomic E-state index is 0.226. The van der Waals surface area contributed by atoms with Crippen LogP contribution in [0.2, 0.25) is 0 Å². The fourth-order valence-corrected chi connectivity index (χ4v) is 1.60. The van der Waals surface area contributed by atoms with Gasteiger partial charge in [-0.25, -0.2) is 0 Å². The average molecular weight is 262 g/mol. The molecule has 0 saturated heterocycles. The van der Waals surface area contributed by atoms with Crippen LogP contribution in [0, 0.1) is 0 Å². The van der Waals surface area contributed by atoms with E-state index in [1.807, 2.05) is 13.8 Å². The van der Waals surface area contributed by atoms with Gasteiger partial charge in [-0.3, -0.25) is 0 Å². The van der Waals surface area contributed by atoms with Gasteiger partial charge in [0.1, 0.15) is 12.4 Å². The molecular formula is C9H16BrN3O. The van der Waals surface area contributed by atoms with Gasteiger partial charge in [0, 0.05) is 6.54 Å². The first kappa shape index (κ1) is 11.7. The highest BCUT2D eigenvalue weighted by Crippen LogP contribution is 2.08. The molecule has 1 heterocycles. The van der Waals surface area contributed by atoms with Crippen molar-refractivity contribution in [3.05, 3.63) is 11.6 Å². The summed E-state index contributed by atoms with van der Waals surface area (Å²) in [4.78, 5) is 0. The lowest BCUT2D eigenvalue weighted by molar-refractivity contribution is 0.0593. The Morgan fingerprint density at radius 1 is 1.36 bits per heavy atom. The second-order valence-corrected chi connectivity index (χ2v) is 3.83. The van der Waals surface area contributed by atoms with Gasteiger partial charge in [0.2, 0.25) is 0 Å². The average Bonchev–Trinajstić information content (AvgIpc) is 2.56. The Balaban J connectivity index is 2.71. The molecule has 1 aromatic heterocycles. The summed E-state index contributed by atoms with van der Waals surface area (Å²) in [5.41, 5.74) is 0. The van der Waals surface area contributed by atoms with E-state index in [0.29, 0.717) is 6.61 Å². The first-order chi connectivity index (χ1) is 6.69. The van der Waals surface area contributed by atoms with E-state index in [0.717, 1.165) is 23.5 Å². The standard InChI is InChI=1S/C9H16BrN3O/c1-4-13-8(5-10)11-12-9(13)6-14-7(2)3/h7H,4-6H2,1-3H3. The van der Waals surface area contributed by atoms with E-state index in [9.17, 15) is 0 Å². The van der Waals surface area contributed by atoms with Crippen LogP contribution < -0.4 is 0 Å². The summed E-state index contributed by atoms with van der Waals surface area (Å²) in [6, 6.07) is 0. The summed E-state index contributed by atoms with van der Waals surface area (Å²) >= 11 is 3.38. The molecule has 14 heavy (non-hydrogen) atoms. The molecule has 5 heteroatoms. The lowest BCUT2D eigenvalue weighted by Gasteiger charge is -2.08. The highest BCUT2D eigenvalue weighted by molar-refractivity contribution is 9.08. The van der Waals surface area contributed by atoms with Crippen molar-refractivity contribution in [3.63, 3.8) is 0 Å². The predicted octanol–water partition coefficient (Wildman–Crippen LogP) is 2.12. The maximum atomic E-state index is 5.49. The number of aromatic nitrogens is 3. The van der Waals surface area contributed by atoms with Crippen molar-refractivity contribution in [2.45, 2.75) is 45.4 Å². The SMILES string of the molecule is CCn1c(CBr)nnc1COC(C)C. The lowest BCUT2D eigenvalue weighted by Crippen LogP contribution is -2.09. The molecule has 0 bridgehead atoms. The van der Waals surface area contributed by atoms with Crippen LogP contribution in [0.3, 0.4) is 0 Å². The quantitative estimate of drug-likeness (QED) is 0.763. The maximum absolute atomic E-state index is 5.49. The zero-order valence-corrected chi connectivity index (χ0v) is 10.4. The zero-order chi connectivity index (χ0) is 10.6. The largest absolute Gasteiger partial charge is 0.371 e. The van der Waals surface area contributed by atoms with Crippen LogP contribution in [0.5, 0.6) is 0 Å². The van der Waals surface area contributed by atoms with Crippen molar-refractivity contribution in [1.29, 1.82) is 0 Å². The molecule has 0 saturated carbocycles. The van der Waals surface area contributed by atoms with Crippen LogP contribution in [0.1, 0.15) is 32.4 Å². The predicted molar refractivity (Wildman–Crippen MR) is 58.3 cm³/mol. The first-order valence-corrected chi connectivity index (χ1v) is 5.89. The molecule has 4 nitrogen and oxygen atoms in total. The Bertz CT molecular complexity index is 286. The van der Waals surface area contributed by atoms with E-state index in [1.54, 1.807) is 0 Å². The molecule has 1 rings (SSSR count). The molecule has 0 aliphatic heterocycles. The first-order valence-electron chi connectivity index (χ1n) is 4.77. The van der Waals surface area contributed by atoms with Gasteiger partial charge in [0.25, 0.3) is 0 Å². The monoisotopic (exact) mass is 261 g/mol. The van der Waals surface area contributed by atoms with Crippen LogP contribution in [0.25, 0.3) is 0 Å². The van der Waals surface area contributed by atoms with Gasteiger partial charge < -0.3 is 9.30 Å². The number of halogens is 1. The van der Waals surface area contributed by atoms with Crippen LogP contribution >= 0.6 is 15.9 Å². The number of rotatable bonds is 5. The molecular weight excluding hydrogens is 246 g/mol. The normalized spacial score (nSPS) is 11.2. The molecule has 1 aromatic rings. The van der Waals surface area contributed by atoms with E-state index in [4.69, 9.17) is 4.74 Å². The second kappa shape index (κ2) is 5.46. The van der Waals surface area contributed by atoms with Crippen molar-refractivity contribution in [2.24, 2.45) is 0 Å². The van der Waals surface area contributed by atoms with E-state index in [1.165, 1.54) is 0 Å². The fraction of sp³-hybridized carbons (Fsp3) is 0.778. The third-order valence-corrected chi connectivity index (χ3v) is 2.39. The highest BCUT2D eigenvalue weighted by atomic mass is 79.9. The second-order valence-electron chi connectivity index (χ2n) is 3.27. The minimum Gasteiger partial charge on any atom is -0.371 e. The van der Waals surface area contributed by atoms with Crippen LogP contribution in [-0.4, -0.2) is 20.9 Å². The van der Waals surface area contributed by atoms with E-state index in [2.05, 4.69) is 37.6 Å².